The van der Waals surface area contributed by atoms with E-state index in [0.717, 1.165) is 78.0 Å². The Balaban J connectivity index is 0.00000151. The van der Waals surface area contributed by atoms with Crippen molar-refractivity contribution in [1.82, 2.24) is 39.1 Å². The molecule has 0 spiro atoms. The van der Waals surface area contributed by atoms with Crippen LogP contribution in [0.25, 0.3) is 27.3 Å². The highest BCUT2D eigenvalue weighted by Gasteiger charge is 2.13. The van der Waals surface area contributed by atoms with Gasteiger partial charge in [-0.1, -0.05) is 13.8 Å². The summed E-state index contributed by atoms with van der Waals surface area (Å²) >= 11 is 1.43. The first kappa shape index (κ1) is 26.9. The van der Waals surface area contributed by atoms with Crippen molar-refractivity contribution in [3.05, 3.63) is 54.2 Å². The van der Waals surface area contributed by atoms with Gasteiger partial charge in [0.1, 0.15) is 17.0 Å². The SMILES string of the molecule is CC.Cc1cc(-c2ccc3nnc(CNc4ccnc5cc(OCCCN6CCOCC6)cnc45)n3n2)sn1. The maximum absolute atomic E-state index is 5.95. The first-order valence-electron chi connectivity index (χ1n) is 13.3. The molecule has 0 bridgehead atoms. The molecule has 1 saturated heterocycles. The second-order valence-electron chi connectivity index (χ2n) is 8.84. The van der Waals surface area contributed by atoms with E-state index < -0.39 is 0 Å². The summed E-state index contributed by atoms with van der Waals surface area (Å²) in [4.78, 5) is 12.5. The van der Waals surface area contributed by atoms with Crippen molar-refractivity contribution in [2.24, 2.45) is 0 Å². The fourth-order valence-electron chi connectivity index (χ4n) is 4.27. The van der Waals surface area contributed by atoms with Gasteiger partial charge in [0.05, 0.1) is 54.3 Å². The fraction of sp³-hybridized carbons (Fsp3) is 0.407. The summed E-state index contributed by atoms with van der Waals surface area (Å²) in [5.74, 6) is 1.42. The van der Waals surface area contributed by atoms with Crippen LogP contribution >= 0.6 is 11.5 Å². The molecule has 5 aromatic heterocycles. The molecule has 11 nitrogen and oxygen atoms in total. The zero-order valence-electron chi connectivity index (χ0n) is 22.5. The number of fused-ring (bicyclic) bond motifs is 2. The molecule has 0 aromatic carbocycles. The van der Waals surface area contributed by atoms with E-state index in [0.29, 0.717) is 24.6 Å². The van der Waals surface area contributed by atoms with E-state index in [2.05, 4.69) is 34.8 Å². The molecule has 6 heterocycles. The summed E-state index contributed by atoms with van der Waals surface area (Å²) in [7, 11) is 0. The van der Waals surface area contributed by atoms with E-state index in [1.807, 2.05) is 51.1 Å². The Labute approximate surface area is 231 Å². The Hall–Kier alpha value is -3.74. The minimum absolute atomic E-state index is 0.430. The number of nitrogens with one attached hydrogen (secondary N) is 1. The van der Waals surface area contributed by atoms with Crippen molar-refractivity contribution < 1.29 is 9.47 Å². The topological polar surface area (TPSA) is 115 Å². The zero-order valence-corrected chi connectivity index (χ0v) is 23.3. The molecule has 5 aromatic rings. The van der Waals surface area contributed by atoms with Crippen LogP contribution < -0.4 is 10.1 Å². The van der Waals surface area contributed by atoms with Crippen molar-refractivity contribution in [3.63, 3.8) is 0 Å². The average Bonchev–Trinajstić information content (AvgIpc) is 3.61. The quantitative estimate of drug-likeness (QED) is 0.269. The van der Waals surface area contributed by atoms with Gasteiger partial charge in [0.15, 0.2) is 11.5 Å². The van der Waals surface area contributed by atoms with Crippen LogP contribution in [0.4, 0.5) is 5.69 Å². The average molecular weight is 548 g/mol. The molecule has 0 unspecified atom stereocenters. The second kappa shape index (κ2) is 12.9. The largest absolute Gasteiger partial charge is 0.492 e. The van der Waals surface area contributed by atoms with Gasteiger partial charge >= 0.3 is 0 Å². The summed E-state index contributed by atoms with van der Waals surface area (Å²) in [5.41, 5.74) is 4.90. The molecule has 1 fully saturated rings. The van der Waals surface area contributed by atoms with Crippen molar-refractivity contribution in [1.29, 1.82) is 0 Å². The number of pyridine rings is 2. The molecule has 1 aliphatic heterocycles. The van der Waals surface area contributed by atoms with E-state index >= 15 is 0 Å². The van der Waals surface area contributed by atoms with Gasteiger partial charge < -0.3 is 14.8 Å². The Morgan fingerprint density at radius 1 is 1.08 bits per heavy atom. The Bertz CT molecular complexity index is 1510. The molecule has 12 heteroatoms. The van der Waals surface area contributed by atoms with Gasteiger partial charge in [-0.3, -0.25) is 9.88 Å². The summed E-state index contributed by atoms with van der Waals surface area (Å²) in [5, 5.41) is 16.7. The van der Waals surface area contributed by atoms with Crippen LogP contribution in [-0.4, -0.2) is 78.5 Å². The Morgan fingerprint density at radius 2 is 1.95 bits per heavy atom. The van der Waals surface area contributed by atoms with Gasteiger partial charge in [-0.05, 0) is 49.1 Å². The van der Waals surface area contributed by atoms with Crippen LogP contribution in [0.5, 0.6) is 5.75 Å². The lowest BCUT2D eigenvalue weighted by Crippen LogP contribution is -2.37. The molecule has 204 valence electrons. The monoisotopic (exact) mass is 547 g/mol. The molecular formula is C27H33N9O2S. The first-order valence-corrected chi connectivity index (χ1v) is 14.1. The number of anilines is 1. The number of aromatic nitrogens is 7. The number of nitrogens with zero attached hydrogens (tertiary/aromatic N) is 8. The molecule has 0 saturated carbocycles. The van der Waals surface area contributed by atoms with Crippen LogP contribution in [0.15, 0.2) is 42.7 Å². The van der Waals surface area contributed by atoms with Crippen molar-refractivity contribution in [2.75, 3.05) is 44.8 Å². The van der Waals surface area contributed by atoms with Gasteiger partial charge in [0.2, 0.25) is 0 Å². The van der Waals surface area contributed by atoms with Crippen LogP contribution in [0, 0.1) is 6.92 Å². The summed E-state index contributed by atoms with van der Waals surface area (Å²) < 4.78 is 17.5. The van der Waals surface area contributed by atoms with E-state index in [-0.39, 0.29) is 0 Å². The van der Waals surface area contributed by atoms with Crippen molar-refractivity contribution in [2.45, 2.75) is 33.7 Å². The molecule has 0 atom stereocenters. The summed E-state index contributed by atoms with van der Waals surface area (Å²) in [6, 6.07) is 9.72. The van der Waals surface area contributed by atoms with Gasteiger partial charge in [0, 0.05) is 31.9 Å². The van der Waals surface area contributed by atoms with Gasteiger partial charge in [-0.15, -0.1) is 10.2 Å². The highest BCUT2D eigenvalue weighted by atomic mass is 32.1. The Kier molecular flexibility index (Phi) is 8.86. The van der Waals surface area contributed by atoms with E-state index in [9.17, 15) is 0 Å². The summed E-state index contributed by atoms with van der Waals surface area (Å²) in [6.45, 7) is 11.7. The van der Waals surface area contributed by atoms with E-state index in [4.69, 9.17) is 14.6 Å². The predicted octanol–water partition coefficient (Wildman–Crippen LogP) is 4.24. The molecule has 0 radical (unpaired) electrons. The lowest BCUT2D eigenvalue weighted by atomic mass is 10.2. The third kappa shape index (κ3) is 6.47. The molecule has 1 N–H and O–H groups in total. The molecule has 1 aliphatic rings. The lowest BCUT2D eigenvalue weighted by Gasteiger charge is -2.26. The van der Waals surface area contributed by atoms with Crippen molar-refractivity contribution >= 4 is 33.9 Å². The third-order valence-corrected chi connectivity index (χ3v) is 7.09. The number of morpholine rings is 1. The Morgan fingerprint density at radius 3 is 2.77 bits per heavy atom. The summed E-state index contributed by atoms with van der Waals surface area (Å²) in [6.07, 6.45) is 4.47. The maximum atomic E-state index is 5.95. The third-order valence-electron chi connectivity index (χ3n) is 6.19. The lowest BCUT2D eigenvalue weighted by molar-refractivity contribution is 0.0358. The van der Waals surface area contributed by atoms with Gasteiger partial charge in [0.25, 0.3) is 0 Å². The minimum atomic E-state index is 0.430. The predicted molar refractivity (Wildman–Crippen MR) is 152 cm³/mol. The minimum Gasteiger partial charge on any atom is -0.492 e. The molecule has 39 heavy (non-hydrogen) atoms. The highest BCUT2D eigenvalue weighted by molar-refractivity contribution is 7.09. The first-order chi connectivity index (χ1) is 19.2. The van der Waals surface area contributed by atoms with Crippen molar-refractivity contribution in [3.8, 4) is 16.3 Å². The normalized spacial score (nSPS) is 13.8. The van der Waals surface area contributed by atoms with E-state index in [1.165, 1.54) is 11.5 Å². The smallest absolute Gasteiger partial charge is 0.178 e. The second-order valence-corrected chi connectivity index (χ2v) is 9.65. The standard InChI is InChI=1S/C25H27N9O2S.C2H6/c1-17-13-22(37-32-17)19-3-4-23-29-30-24(34(23)31-19)16-27-20-5-6-26-21-14-18(15-28-25(20)21)36-10-2-7-33-8-11-35-12-9-33;1-2/h3-6,13-15H,2,7-12,16H2,1H3,(H,26,27);1-2H3. The number of rotatable bonds is 9. The van der Waals surface area contributed by atoms with E-state index in [1.54, 1.807) is 16.9 Å². The zero-order chi connectivity index (χ0) is 27.0. The molecule has 0 amide bonds. The molecule has 6 rings (SSSR count). The number of ether oxygens (including phenoxy) is 2. The number of aryl methyl sites for hydroxylation is 1. The van der Waals surface area contributed by atoms with Gasteiger partial charge in [-0.25, -0.2) is 4.98 Å². The van der Waals surface area contributed by atoms with Crippen LogP contribution in [0.1, 0.15) is 31.8 Å². The molecule has 0 aliphatic carbocycles. The van der Waals surface area contributed by atoms with Gasteiger partial charge in [-0.2, -0.15) is 14.0 Å². The van der Waals surface area contributed by atoms with Crippen LogP contribution in [-0.2, 0) is 11.3 Å². The number of hydrogen-bond acceptors (Lipinski definition) is 11. The van der Waals surface area contributed by atoms with Crippen LogP contribution in [0.3, 0.4) is 0 Å². The number of hydrogen-bond donors (Lipinski definition) is 1. The highest BCUT2D eigenvalue weighted by Crippen LogP contribution is 2.25. The molecular weight excluding hydrogens is 514 g/mol. The maximum Gasteiger partial charge on any atom is 0.178 e. The van der Waals surface area contributed by atoms with Crippen LogP contribution in [0.2, 0.25) is 0 Å². The fourth-order valence-corrected chi connectivity index (χ4v) is 4.99.